The van der Waals surface area contributed by atoms with E-state index in [1.54, 1.807) is 0 Å². The molecule has 0 radical (unpaired) electrons. The van der Waals surface area contributed by atoms with Crippen molar-refractivity contribution in [1.82, 2.24) is 5.32 Å². The van der Waals surface area contributed by atoms with E-state index in [2.05, 4.69) is 53.3 Å². The van der Waals surface area contributed by atoms with Gasteiger partial charge in [0, 0.05) is 10.5 Å². The van der Waals surface area contributed by atoms with Gasteiger partial charge in [0.2, 0.25) is 0 Å². The maximum atomic E-state index is 3.71. The first kappa shape index (κ1) is 14.1. The molecule has 1 aliphatic rings. The topological polar surface area (TPSA) is 12.0 Å². The Hall–Kier alpha value is -0.340. The van der Waals surface area contributed by atoms with E-state index in [1.807, 2.05) is 0 Å². The fraction of sp³-hybridized carbons (Fsp3) is 0.625. The lowest BCUT2D eigenvalue weighted by Crippen LogP contribution is -2.30. The number of hydrogen-bond acceptors (Lipinski definition) is 1. The summed E-state index contributed by atoms with van der Waals surface area (Å²) < 4.78 is 1.18. The Balaban J connectivity index is 2.22. The number of nitrogens with one attached hydrogen (secondary N) is 1. The second-order valence-corrected chi connectivity index (χ2v) is 6.35. The SMILES string of the molecule is CCNC(c1ccc(Br)cc1C)C1CCCCC1. The van der Waals surface area contributed by atoms with Gasteiger partial charge < -0.3 is 5.32 Å². The molecular formula is C16H24BrN. The molecule has 1 aromatic rings. The predicted octanol–water partition coefficient (Wildman–Crippen LogP) is 4.99. The summed E-state index contributed by atoms with van der Waals surface area (Å²) in [5, 5.41) is 3.71. The second-order valence-electron chi connectivity index (χ2n) is 5.43. The van der Waals surface area contributed by atoms with E-state index in [9.17, 15) is 0 Å². The van der Waals surface area contributed by atoms with E-state index >= 15 is 0 Å². The minimum atomic E-state index is 0.545. The lowest BCUT2D eigenvalue weighted by atomic mass is 9.80. The molecule has 1 N–H and O–H groups in total. The number of halogens is 1. The summed E-state index contributed by atoms with van der Waals surface area (Å²) in [7, 11) is 0. The van der Waals surface area contributed by atoms with Gasteiger partial charge in [-0.25, -0.2) is 0 Å². The van der Waals surface area contributed by atoms with Gasteiger partial charge in [-0.2, -0.15) is 0 Å². The largest absolute Gasteiger partial charge is 0.310 e. The van der Waals surface area contributed by atoms with E-state index in [-0.39, 0.29) is 0 Å². The first-order chi connectivity index (χ1) is 8.72. The zero-order valence-corrected chi connectivity index (χ0v) is 13.1. The van der Waals surface area contributed by atoms with Gasteiger partial charge in [0.25, 0.3) is 0 Å². The van der Waals surface area contributed by atoms with Crippen molar-refractivity contribution in [2.45, 2.75) is 52.0 Å². The van der Waals surface area contributed by atoms with Crippen LogP contribution in [0, 0.1) is 12.8 Å². The van der Waals surface area contributed by atoms with Crippen molar-refractivity contribution in [2.75, 3.05) is 6.54 Å². The Morgan fingerprint density at radius 1 is 1.28 bits per heavy atom. The van der Waals surface area contributed by atoms with Gasteiger partial charge in [0.15, 0.2) is 0 Å². The zero-order chi connectivity index (χ0) is 13.0. The van der Waals surface area contributed by atoms with E-state index in [4.69, 9.17) is 0 Å². The zero-order valence-electron chi connectivity index (χ0n) is 11.5. The molecule has 1 nitrogen and oxygen atoms in total. The molecular weight excluding hydrogens is 286 g/mol. The molecule has 1 aromatic carbocycles. The maximum absolute atomic E-state index is 3.71. The molecule has 1 saturated carbocycles. The highest BCUT2D eigenvalue weighted by atomic mass is 79.9. The molecule has 0 aromatic heterocycles. The summed E-state index contributed by atoms with van der Waals surface area (Å²) in [6.07, 6.45) is 7.00. The van der Waals surface area contributed by atoms with Crippen molar-refractivity contribution < 1.29 is 0 Å². The molecule has 100 valence electrons. The predicted molar refractivity (Wildman–Crippen MR) is 81.9 cm³/mol. The third-order valence-electron chi connectivity index (χ3n) is 4.11. The van der Waals surface area contributed by atoms with Crippen LogP contribution in [-0.2, 0) is 0 Å². The molecule has 1 aliphatic carbocycles. The Morgan fingerprint density at radius 3 is 2.61 bits per heavy atom. The summed E-state index contributed by atoms with van der Waals surface area (Å²) in [4.78, 5) is 0. The third kappa shape index (κ3) is 3.36. The highest BCUT2D eigenvalue weighted by Crippen LogP contribution is 2.36. The minimum absolute atomic E-state index is 0.545. The Labute approximate surface area is 119 Å². The molecule has 0 bridgehead atoms. The quantitative estimate of drug-likeness (QED) is 0.826. The van der Waals surface area contributed by atoms with Crippen LogP contribution < -0.4 is 5.32 Å². The summed E-state index contributed by atoms with van der Waals surface area (Å²) in [6, 6.07) is 7.25. The van der Waals surface area contributed by atoms with Crippen LogP contribution >= 0.6 is 15.9 Å². The van der Waals surface area contributed by atoms with Crippen molar-refractivity contribution in [3.63, 3.8) is 0 Å². The van der Waals surface area contributed by atoms with Gasteiger partial charge in [-0.1, -0.05) is 48.2 Å². The molecule has 2 heteroatoms. The van der Waals surface area contributed by atoms with E-state index in [0.29, 0.717) is 6.04 Å². The lowest BCUT2D eigenvalue weighted by Gasteiger charge is -2.32. The Morgan fingerprint density at radius 2 is 2.00 bits per heavy atom. The molecule has 1 unspecified atom stereocenters. The summed E-state index contributed by atoms with van der Waals surface area (Å²) in [5.74, 6) is 0.818. The van der Waals surface area contributed by atoms with Crippen LogP contribution in [0.25, 0.3) is 0 Å². The lowest BCUT2D eigenvalue weighted by molar-refractivity contribution is 0.274. The van der Waals surface area contributed by atoms with Crippen LogP contribution in [0.4, 0.5) is 0 Å². The van der Waals surface area contributed by atoms with Gasteiger partial charge in [-0.15, -0.1) is 0 Å². The van der Waals surface area contributed by atoms with Crippen LogP contribution in [-0.4, -0.2) is 6.54 Å². The summed E-state index contributed by atoms with van der Waals surface area (Å²) >= 11 is 3.56. The minimum Gasteiger partial charge on any atom is -0.310 e. The van der Waals surface area contributed by atoms with E-state index < -0.39 is 0 Å². The van der Waals surface area contributed by atoms with Gasteiger partial charge in [-0.3, -0.25) is 0 Å². The molecule has 0 amide bonds. The average Bonchev–Trinajstić information content (AvgIpc) is 2.38. The van der Waals surface area contributed by atoms with Crippen LogP contribution in [0.3, 0.4) is 0 Å². The van der Waals surface area contributed by atoms with Crippen molar-refractivity contribution in [2.24, 2.45) is 5.92 Å². The van der Waals surface area contributed by atoms with Crippen molar-refractivity contribution in [1.29, 1.82) is 0 Å². The van der Waals surface area contributed by atoms with Gasteiger partial charge >= 0.3 is 0 Å². The first-order valence-electron chi connectivity index (χ1n) is 7.21. The molecule has 1 atom stereocenters. The number of benzene rings is 1. The van der Waals surface area contributed by atoms with E-state index in [0.717, 1.165) is 12.5 Å². The fourth-order valence-electron chi connectivity index (χ4n) is 3.21. The van der Waals surface area contributed by atoms with Gasteiger partial charge in [0.1, 0.15) is 0 Å². The number of aryl methyl sites for hydroxylation is 1. The smallest absolute Gasteiger partial charge is 0.0351 e. The molecule has 2 rings (SSSR count). The Kier molecular flexibility index (Phi) is 5.25. The van der Waals surface area contributed by atoms with Crippen molar-refractivity contribution in [3.05, 3.63) is 33.8 Å². The number of hydrogen-bond donors (Lipinski definition) is 1. The normalized spacial score (nSPS) is 18.8. The Bertz CT molecular complexity index is 383. The van der Waals surface area contributed by atoms with Crippen LogP contribution in [0.2, 0.25) is 0 Å². The molecule has 1 fully saturated rings. The average molecular weight is 310 g/mol. The van der Waals surface area contributed by atoms with Crippen LogP contribution in [0.5, 0.6) is 0 Å². The highest BCUT2D eigenvalue weighted by Gasteiger charge is 2.25. The van der Waals surface area contributed by atoms with Gasteiger partial charge in [-0.05, 0) is 55.5 Å². The highest BCUT2D eigenvalue weighted by molar-refractivity contribution is 9.10. The monoisotopic (exact) mass is 309 g/mol. The maximum Gasteiger partial charge on any atom is 0.0351 e. The van der Waals surface area contributed by atoms with Crippen LogP contribution in [0.1, 0.15) is 56.2 Å². The fourth-order valence-corrected chi connectivity index (χ4v) is 3.68. The molecule has 0 heterocycles. The standard InChI is InChI=1S/C16H24BrN/c1-3-18-16(13-7-5-4-6-8-13)15-10-9-14(17)11-12(15)2/h9-11,13,16,18H,3-8H2,1-2H3. The summed E-state index contributed by atoms with van der Waals surface area (Å²) in [6.45, 7) is 5.49. The van der Waals surface area contributed by atoms with Crippen molar-refractivity contribution >= 4 is 15.9 Å². The molecule has 0 aliphatic heterocycles. The molecule has 0 saturated heterocycles. The first-order valence-corrected chi connectivity index (χ1v) is 8.01. The van der Waals surface area contributed by atoms with Crippen molar-refractivity contribution in [3.8, 4) is 0 Å². The third-order valence-corrected chi connectivity index (χ3v) is 4.61. The molecule has 18 heavy (non-hydrogen) atoms. The molecule has 0 spiro atoms. The van der Waals surface area contributed by atoms with Gasteiger partial charge in [0.05, 0.1) is 0 Å². The van der Waals surface area contributed by atoms with E-state index in [1.165, 1.54) is 47.7 Å². The number of rotatable bonds is 4. The second kappa shape index (κ2) is 6.72. The summed E-state index contributed by atoms with van der Waals surface area (Å²) in [5.41, 5.74) is 2.90. The van der Waals surface area contributed by atoms with Crippen LogP contribution in [0.15, 0.2) is 22.7 Å².